The molecule has 1 aliphatic rings. The molecule has 31 heavy (non-hydrogen) atoms. The number of carbonyl (C=O) groups excluding carboxylic acids is 1. The average molecular weight is 439 g/mol. The minimum Gasteiger partial charge on any atom is -0.336 e. The highest BCUT2D eigenvalue weighted by Gasteiger charge is 2.31. The van der Waals surface area contributed by atoms with Crippen LogP contribution in [0.25, 0.3) is 10.8 Å². The first-order valence-corrected chi connectivity index (χ1v) is 11.3. The molecule has 1 fully saturated rings. The third-order valence-electron chi connectivity index (χ3n) is 5.62. The number of amides is 1. The van der Waals surface area contributed by atoms with Crippen molar-refractivity contribution in [1.29, 1.82) is 0 Å². The van der Waals surface area contributed by atoms with Gasteiger partial charge in [0.15, 0.2) is 0 Å². The van der Waals surface area contributed by atoms with Crippen molar-refractivity contribution in [3.63, 3.8) is 0 Å². The van der Waals surface area contributed by atoms with Crippen molar-refractivity contribution in [1.82, 2.24) is 9.21 Å². The number of benzene rings is 3. The highest BCUT2D eigenvalue weighted by molar-refractivity contribution is 7.89. The molecular weight excluding hydrogens is 418 g/mol. The first-order valence-electron chi connectivity index (χ1n) is 9.81. The van der Waals surface area contributed by atoms with E-state index >= 15 is 0 Å². The minimum atomic E-state index is -3.69. The summed E-state index contributed by atoms with van der Waals surface area (Å²) in [6, 6.07) is 17.0. The molecule has 0 unspecified atom stereocenters. The molecule has 0 aromatic heterocycles. The van der Waals surface area contributed by atoms with E-state index in [1.807, 2.05) is 24.3 Å². The van der Waals surface area contributed by atoms with Crippen molar-refractivity contribution < 1.29 is 18.1 Å². The van der Waals surface area contributed by atoms with E-state index in [0.717, 1.165) is 10.8 Å². The summed E-state index contributed by atoms with van der Waals surface area (Å²) in [4.78, 5) is 25.3. The van der Waals surface area contributed by atoms with E-state index in [0.29, 0.717) is 5.56 Å². The summed E-state index contributed by atoms with van der Waals surface area (Å²) in [6.07, 6.45) is 0. The highest BCUT2D eigenvalue weighted by Crippen LogP contribution is 2.25. The monoisotopic (exact) mass is 439 g/mol. The lowest BCUT2D eigenvalue weighted by molar-refractivity contribution is -0.385. The molecule has 0 saturated carbocycles. The Labute approximate surface area is 179 Å². The Bertz CT molecular complexity index is 1280. The first-order chi connectivity index (χ1) is 14.8. The molecule has 1 heterocycles. The first kappa shape index (κ1) is 21.0. The van der Waals surface area contributed by atoms with Gasteiger partial charge in [0.1, 0.15) is 0 Å². The zero-order valence-electron chi connectivity index (χ0n) is 16.9. The quantitative estimate of drug-likeness (QED) is 0.459. The largest absolute Gasteiger partial charge is 0.336 e. The Morgan fingerprint density at radius 2 is 1.61 bits per heavy atom. The second-order valence-electron chi connectivity index (χ2n) is 7.41. The molecule has 0 N–H and O–H groups in total. The molecule has 1 aliphatic heterocycles. The van der Waals surface area contributed by atoms with Crippen LogP contribution in [0.3, 0.4) is 0 Å². The van der Waals surface area contributed by atoms with Crippen LogP contribution >= 0.6 is 0 Å². The van der Waals surface area contributed by atoms with Gasteiger partial charge in [0.2, 0.25) is 10.0 Å². The van der Waals surface area contributed by atoms with Gasteiger partial charge in [-0.15, -0.1) is 0 Å². The number of rotatable bonds is 4. The van der Waals surface area contributed by atoms with Gasteiger partial charge in [0.05, 0.1) is 9.82 Å². The molecule has 8 nitrogen and oxygen atoms in total. The molecule has 4 rings (SSSR count). The summed E-state index contributed by atoms with van der Waals surface area (Å²) < 4.78 is 27.6. The number of carbonyl (C=O) groups is 1. The van der Waals surface area contributed by atoms with Gasteiger partial charge >= 0.3 is 0 Å². The lowest BCUT2D eigenvalue weighted by Crippen LogP contribution is -2.50. The molecule has 160 valence electrons. The number of sulfonamides is 1. The van der Waals surface area contributed by atoms with E-state index in [9.17, 15) is 23.3 Å². The molecule has 0 aliphatic carbocycles. The lowest BCUT2D eigenvalue weighted by atomic mass is 10.1. The summed E-state index contributed by atoms with van der Waals surface area (Å²) in [5.74, 6) is -0.330. The van der Waals surface area contributed by atoms with Crippen molar-refractivity contribution in [2.75, 3.05) is 26.2 Å². The molecule has 0 radical (unpaired) electrons. The van der Waals surface area contributed by atoms with Crippen molar-refractivity contribution in [3.05, 3.63) is 81.9 Å². The maximum Gasteiger partial charge on any atom is 0.273 e. The highest BCUT2D eigenvalue weighted by atomic mass is 32.2. The maximum absolute atomic E-state index is 13.1. The number of nitro benzene ring substituents is 1. The van der Waals surface area contributed by atoms with E-state index in [2.05, 4.69) is 0 Å². The maximum atomic E-state index is 13.1. The van der Waals surface area contributed by atoms with Gasteiger partial charge in [-0.05, 0) is 35.9 Å². The Balaban J connectivity index is 1.51. The zero-order chi connectivity index (χ0) is 22.2. The van der Waals surface area contributed by atoms with Crippen LogP contribution in [-0.4, -0.2) is 54.6 Å². The SMILES string of the molecule is Cc1c(C(=O)N2CCN(S(=O)(=O)c3ccc4ccccc4c3)CC2)cccc1[N+](=O)[O-]. The van der Waals surface area contributed by atoms with E-state index in [-0.39, 0.29) is 48.2 Å². The molecule has 0 atom stereocenters. The van der Waals surface area contributed by atoms with Gasteiger partial charge in [0.25, 0.3) is 11.6 Å². The molecule has 1 saturated heterocycles. The summed E-state index contributed by atoms with van der Waals surface area (Å²) in [5.41, 5.74) is 0.465. The number of hydrogen-bond acceptors (Lipinski definition) is 5. The predicted octanol–water partition coefficient (Wildman–Crippen LogP) is 3.20. The Morgan fingerprint density at radius 1 is 0.935 bits per heavy atom. The van der Waals surface area contributed by atoms with Crippen LogP contribution in [0, 0.1) is 17.0 Å². The van der Waals surface area contributed by atoms with Crippen LogP contribution in [0.5, 0.6) is 0 Å². The van der Waals surface area contributed by atoms with Crippen molar-refractivity contribution in [2.24, 2.45) is 0 Å². The zero-order valence-corrected chi connectivity index (χ0v) is 17.7. The van der Waals surface area contributed by atoms with Gasteiger partial charge in [0, 0.05) is 43.4 Å². The summed E-state index contributed by atoms with van der Waals surface area (Å²) in [5, 5.41) is 13.0. The van der Waals surface area contributed by atoms with Gasteiger partial charge in [-0.2, -0.15) is 4.31 Å². The number of hydrogen-bond donors (Lipinski definition) is 0. The molecule has 3 aromatic rings. The topological polar surface area (TPSA) is 101 Å². The summed E-state index contributed by atoms with van der Waals surface area (Å²) in [6.45, 7) is 2.30. The van der Waals surface area contributed by atoms with Crippen molar-refractivity contribution in [3.8, 4) is 0 Å². The average Bonchev–Trinajstić information content (AvgIpc) is 2.78. The van der Waals surface area contributed by atoms with E-state index in [4.69, 9.17) is 0 Å². The van der Waals surface area contributed by atoms with E-state index < -0.39 is 14.9 Å². The van der Waals surface area contributed by atoms with Crippen LogP contribution in [0.15, 0.2) is 65.6 Å². The number of nitrogens with zero attached hydrogens (tertiary/aromatic N) is 3. The van der Waals surface area contributed by atoms with Gasteiger partial charge in [-0.3, -0.25) is 14.9 Å². The normalized spacial score (nSPS) is 15.2. The molecular formula is C22H21N3O5S. The number of nitro groups is 1. The Kier molecular flexibility index (Phi) is 5.47. The fraction of sp³-hybridized carbons (Fsp3) is 0.227. The van der Waals surface area contributed by atoms with Gasteiger partial charge in [-0.25, -0.2) is 8.42 Å². The minimum absolute atomic E-state index is 0.108. The van der Waals surface area contributed by atoms with Crippen molar-refractivity contribution in [2.45, 2.75) is 11.8 Å². The number of piperazine rings is 1. The van der Waals surface area contributed by atoms with Gasteiger partial charge in [-0.1, -0.05) is 36.4 Å². The van der Waals surface area contributed by atoms with Crippen LogP contribution in [0.4, 0.5) is 5.69 Å². The van der Waals surface area contributed by atoms with E-state index in [1.165, 1.54) is 16.4 Å². The third kappa shape index (κ3) is 3.89. The Hall–Kier alpha value is -3.30. The number of fused-ring (bicyclic) bond motifs is 1. The second-order valence-corrected chi connectivity index (χ2v) is 9.35. The fourth-order valence-electron chi connectivity index (χ4n) is 3.83. The van der Waals surface area contributed by atoms with Crippen LogP contribution in [0.1, 0.15) is 15.9 Å². The lowest BCUT2D eigenvalue weighted by Gasteiger charge is -2.34. The van der Waals surface area contributed by atoms with Gasteiger partial charge < -0.3 is 4.90 Å². The molecule has 9 heteroatoms. The molecule has 0 spiro atoms. The smallest absolute Gasteiger partial charge is 0.273 e. The molecule has 3 aromatic carbocycles. The van der Waals surface area contributed by atoms with Crippen LogP contribution in [-0.2, 0) is 10.0 Å². The predicted molar refractivity (Wildman–Crippen MR) is 116 cm³/mol. The molecule has 0 bridgehead atoms. The standard InChI is InChI=1S/C22H21N3O5S/c1-16-20(7-4-8-21(16)25(27)28)22(26)23-11-13-24(14-12-23)31(29,30)19-10-9-17-5-2-3-6-18(17)15-19/h2-10,15H,11-14H2,1H3. The summed E-state index contributed by atoms with van der Waals surface area (Å²) >= 11 is 0. The van der Waals surface area contributed by atoms with Crippen LogP contribution < -0.4 is 0 Å². The second kappa shape index (κ2) is 8.09. The molecule has 1 amide bonds. The Morgan fingerprint density at radius 3 is 2.29 bits per heavy atom. The third-order valence-corrected chi connectivity index (χ3v) is 7.51. The summed E-state index contributed by atoms with van der Waals surface area (Å²) in [7, 11) is -3.69. The van der Waals surface area contributed by atoms with Crippen molar-refractivity contribution >= 4 is 32.4 Å². The van der Waals surface area contributed by atoms with E-state index in [1.54, 1.807) is 36.1 Å². The fourth-order valence-corrected chi connectivity index (χ4v) is 5.29. The van der Waals surface area contributed by atoms with Crippen LogP contribution in [0.2, 0.25) is 0 Å².